The Kier molecular flexibility index (Phi) is 43.7. The van der Waals surface area contributed by atoms with E-state index in [-0.39, 0.29) is 50.4 Å². The maximum atomic E-state index is 12.7. The van der Waals surface area contributed by atoms with E-state index in [0.717, 1.165) is 96.3 Å². The Hall–Kier alpha value is -4.45. The van der Waals surface area contributed by atoms with Crippen molar-refractivity contribution in [2.45, 2.75) is 175 Å². The Bertz CT molecular complexity index is 1370. The van der Waals surface area contributed by atoms with Crippen LogP contribution in [0.1, 0.15) is 168 Å². The lowest BCUT2D eigenvalue weighted by Gasteiger charge is -2.18. The average molecular weight is 827 g/mol. The van der Waals surface area contributed by atoms with Gasteiger partial charge in [-0.05, 0) is 96.3 Å². The molecular formula is C54H82O6. The van der Waals surface area contributed by atoms with E-state index in [1.54, 1.807) is 0 Å². The van der Waals surface area contributed by atoms with Crippen LogP contribution in [0.2, 0.25) is 0 Å². The fraction of sp³-hybridized carbons (Fsp3) is 0.537. The standard InChI is InChI=1S/C54H82O6/c1-4-7-10-13-16-19-22-24-26-28-29-32-35-38-41-44-47-53(56)59-50-51(49-58-52(55)46-43-40-37-34-31-21-18-15-12-9-6-3)60-54(57)48-45-42-39-36-33-30-27-25-23-20-17-14-11-8-5-2/h7-12,14,16-21,23-24,26,29,32,34,37-38,41,51H,4-6,13,15,22,25,27-28,30-31,33,35-36,39-40,42-50H2,1-3H3/b10-7-,11-8-,12-9-,17-14-,19-16-,21-18-,23-20-,26-24-,32-29-,37-34-,41-38-. The van der Waals surface area contributed by atoms with Crippen molar-refractivity contribution in [3.8, 4) is 0 Å². The minimum atomic E-state index is -0.838. The summed E-state index contributed by atoms with van der Waals surface area (Å²) in [5.41, 5.74) is 0. The first-order valence-corrected chi connectivity index (χ1v) is 23.2. The molecule has 0 N–H and O–H groups in total. The predicted molar refractivity (Wildman–Crippen MR) is 256 cm³/mol. The van der Waals surface area contributed by atoms with E-state index in [9.17, 15) is 14.4 Å². The van der Waals surface area contributed by atoms with Gasteiger partial charge >= 0.3 is 17.9 Å². The molecule has 0 aromatic carbocycles. The molecule has 6 heteroatoms. The van der Waals surface area contributed by atoms with Crippen LogP contribution in [0.4, 0.5) is 0 Å². The van der Waals surface area contributed by atoms with Gasteiger partial charge in [-0.1, -0.05) is 187 Å². The Balaban J connectivity index is 4.59. The average Bonchev–Trinajstić information content (AvgIpc) is 3.24. The molecule has 0 aliphatic heterocycles. The second-order valence-corrected chi connectivity index (χ2v) is 14.6. The normalized spacial score (nSPS) is 13.3. The molecule has 0 aromatic heterocycles. The Labute approximate surface area is 366 Å². The topological polar surface area (TPSA) is 78.9 Å². The lowest BCUT2D eigenvalue weighted by Crippen LogP contribution is -2.30. The van der Waals surface area contributed by atoms with Crippen LogP contribution < -0.4 is 0 Å². The van der Waals surface area contributed by atoms with Gasteiger partial charge in [0.25, 0.3) is 0 Å². The summed E-state index contributed by atoms with van der Waals surface area (Å²) < 4.78 is 16.6. The molecule has 0 aliphatic carbocycles. The first-order chi connectivity index (χ1) is 29.5. The zero-order valence-electron chi connectivity index (χ0n) is 37.9. The Morgan fingerprint density at radius 3 is 1.25 bits per heavy atom. The van der Waals surface area contributed by atoms with Crippen LogP contribution in [0.3, 0.4) is 0 Å². The molecule has 1 atom stereocenters. The minimum Gasteiger partial charge on any atom is -0.462 e. The highest BCUT2D eigenvalue weighted by Gasteiger charge is 2.19. The number of esters is 3. The van der Waals surface area contributed by atoms with Gasteiger partial charge in [-0.3, -0.25) is 14.4 Å². The van der Waals surface area contributed by atoms with E-state index in [4.69, 9.17) is 14.2 Å². The third-order valence-corrected chi connectivity index (χ3v) is 8.96. The maximum absolute atomic E-state index is 12.7. The lowest BCUT2D eigenvalue weighted by molar-refractivity contribution is -0.166. The van der Waals surface area contributed by atoms with Gasteiger partial charge in [0.05, 0.1) is 0 Å². The molecule has 0 radical (unpaired) electrons. The van der Waals surface area contributed by atoms with Gasteiger partial charge in [0, 0.05) is 19.3 Å². The van der Waals surface area contributed by atoms with Crippen molar-refractivity contribution < 1.29 is 28.6 Å². The van der Waals surface area contributed by atoms with Crippen molar-refractivity contribution in [2.24, 2.45) is 0 Å². The van der Waals surface area contributed by atoms with E-state index in [2.05, 4.69) is 142 Å². The first kappa shape index (κ1) is 55.5. The SMILES string of the molecule is CC\C=C/C=C\C=C/CCCCCCCCCC(=O)OC(COC(=O)CC/C=C\C/C=C\C/C=C\C/C=C\C/C=C\CC)COC(=O)CCC/C=C\C/C=C\C/C=C\CC. The molecular weight excluding hydrogens is 745 g/mol. The molecule has 60 heavy (non-hydrogen) atoms. The van der Waals surface area contributed by atoms with Crippen molar-refractivity contribution >= 4 is 17.9 Å². The van der Waals surface area contributed by atoms with Gasteiger partial charge in [-0.15, -0.1) is 0 Å². The quantitative estimate of drug-likeness (QED) is 0.0202. The highest BCUT2D eigenvalue weighted by atomic mass is 16.6. The summed E-state index contributed by atoms with van der Waals surface area (Å²) in [6, 6.07) is 0. The van der Waals surface area contributed by atoms with Crippen molar-refractivity contribution in [1.82, 2.24) is 0 Å². The lowest BCUT2D eigenvalue weighted by atomic mass is 10.1. The van der Waals surface area contributed by atoms with Gasteiger partial charge < -0.3 is 14.2 Å². The zero-order valence-corrected chi connectivity index (χ0v) is 37.9. The highest BCUT2D eigenvalue weighted by molar-refractivity contribution is 5.71. The molecule has 0 aliphatic rings. The fourth-order valence-corrected chi connectivity index (χ4v) is 5.57. The highest BCUT2D eigenvalue weighted by Crippen LogP contribution is 2.12. The number of ether oxygens (including phenoxy) is 3. The summed E-state index contributed by atoms with van der Waals surface area (Å²) in [7, 11) is 0. The van der Waals surface area contributed by atoms with Crippen molar-refractivity contribution in [3.05, 3.63) is 134 Å². The van der Waals surface area contributed by atoms with Crippen molar-refractivity contribution in [2.75, 3.05) is 13.2 Å². The number of hydrogen-bond acceptors (Lipinski definition) is 6. The Morgan fingerprint density at radius 1 is 0.350 bits per heavy atom. The Morgan fingerprint density at radius 2 is 0.733 bits per heavy atom. The predicted octanol–water partition coefficient (Wildman–Crippen LogP) is 15.1. The molecule has 1 unspecified atom stereocenters. The van der Waals surface area contributed by atoms with E-state index in [1.807, 2.05) is 12.2 Å². The van der Waals surface area contributed by atoms with Crippen LogP contribution in [0.15, 0.2) is 134 Å². The monoisotopic (exact) mass is 827 g/mol. The second-order valence-electron chi connectivity index (χ2n) is 14.6. The third-order valence-electron chi connectivity index (χ3n) is 8.96. The zero-order chi connectivity index (χ0) is 43.7. The van der Waals surface area contributed by atoms with Crippen LogP contribution in [-0.4, -0.2) is 37.2 Å². The van der Waals surface area contributed by atoms with Gasteiger partial charge in [-0.25, -0.2) is 0 Å². The molecule has 0 bridgehead atoms. The van der Waals surface area contributed by atoms with Crippen LogP contribution in [0.5, 0.6) is 0 Å². The molecule has 0 amide bonds. The molecule has 0 spiro atoms. The van der Waals surface area contributed by atoms with Gasteiger partial charge in [0.1, 0.15) is 13.2 Å². The molecule has 0 saturated carbocycles. The smallest absolute Gasteiger partial charge is 0.306 e. The molecule has 0 saturated heterocycles. The molecule has 0 aromatic rings. The van der Waals surface area contributed by atoms with Gasteiger partial charge in [-0.2, -0.15) is 0 Å². The van der Waals surface area contributed by atoms with Crippen LogP contribution >= 0.6 is 0 Å². The van der Waals surface area contributed by atoms with E-state index >= 15 is 0 Å². The molecule has 0 heterocycles. The number of hydrogen-bond donors (Lipinski definition) is 0. The molecule has 0 fully saturated rings. The van der Waals surface area contributed by atoms with Crippen molar-refractivity contribution in [1.29, 1.82) is 0 Å². The summed E-state index contributed by atoms with van der Waals surface area (Å²) in [5.74, 6) is -1.10. The first-order valence-electron chi connectivity index (χ1n) is 23.2. The summed E-state index contributed by atoms with van der Waals surface area (Å²) in [6.07, 6.45) is 66.0. The van der Waals surface area contributed by atoms with Gasteiger partial charge in [0.15, 0.2) is 6.10 Å². The van der Waals surface area contributed by atoms with E-state index < -0.39 is 6.10 Å². The summed E-state index contributed by atoms with van der Waals surface area (Å²) in [5, 5.41) is 0. The van der Waals surface area contributed by atoms with Gasteiger partial charge in [0.2, 0.25) is 0 Å². The van der Waals surface area contributed by atoms with E-state index in [1.165, 1.54) is 19.3 Å². The number of carbonyl (C=O) groups is 3. The van der Waals surface area contributed by atoms with Crippen LogP contribution in [-0.2, 0) is 28.6 Å². The fourth-order valence-electron chi connectivity index (χ4n) is 5.57. The molecule has 334 valence electrons. The largest absolute Gasteiger partial charge is 0.462 e. The number of allylic oxidation sites excluding steroid dienone is 22. The second kappa shape index (κ2) is 47.2. The maximum Gasteiger partial charge on any atom is 0.306 e. The van der Waals surface area contributed by atoms with E-state index in [0.29, 0.717) is 12.8 Å². The van der Waals surface area contributed by atoms with Crippen LogP contribution in [0, 0.1) is 0 Å². The molecule has 0 rings (SSSR count). The summed E-state index contributed by atoms with van der Waals surface area (Å²) in [6.45, 7) is 6.11. The number of carbonyl (C=O) groups excluding carboxylic acids is 3. The number of rotatable bonds is 39. The van der Waals surface area contributed by atoms with Crippen molar-refractivity contribution in [3.63, 3.8) is 0 Å². The number of unbranched alkanes of at least 4 members (excludes halogenated alkanes) is 8. The summed E-state index contributed by atoms with van der Waals surface area (Å²) in [4.78, 5) is 37.8. The molecule has 6 nitrogen and oxygen atoms in total. The summed E-state index contributed by atoms with van der Waals surface area (Å²) >= 11 is 0. The minimum absolute atomic E-state index is 0.138. The van der Waals surface area contributed by atoms with Crippen LogP contribution in [0.25, 0.3) is 0 Å². The third kappa shape index (κ3) is 44.6.